The van der Waals surface area contributed by atoms with Crippen molar-refractivity contribution in [1.29, 1.82) is 0 Å². The lowest BCUT2D eigenvalue weighted by Gasteiger charge is -2.20. The molecule has 0 heterocycles. The number of thiocarbonyl (C=S) groups is 1. The Morgan fingerprint density at radius 1 is 1.42 bits per heavy atom. The molecule has 0 saturated heterocycles. The second-order valence-corrected chi connectivity index (χ2v) is 7.79. The van der Waals surface area contributed by atoms with Gasteiger partial charge in [0.05, 0.1) is 17.3 Å². The van der Waals surface area contributed by atoms with Crippen molar-refractivity contribution in [3.63, 3.8) is 0 Å². The van der Waals surface area contributed by atoms with Crippen LogP contribution in [0, 0.1) is 0 Å². The van der Waals surface area contributed by atoms with E-state index in [1.165, 1.54) is 12.1 Å². The molecule has 0 radical (unpaired) electrons. The summed E-state index contributed by atoms with van der Waals surface area (Å²) in [5, 5.41) is -0.117. The van der Waals surface area contributed by atoms with Gasteiger partial charge < -0.3 is 5.73 Å². The van der Waals surface area contributed by atoms with Crippen LogP contribution in [0.3, 0.4) is 0 Å². The van der Waals surface area contributed by atoms with Crippen molar-refractivity contribution in [2.75, 3.05) is 13.1 Å². The molecule has 1 atom stereocenters. The first-order valence-electron chi connectivity index (χ1n) is 6.66. The predicted molar refractivity (Wildman–Crippen MR) is 92.5 cm³/mol. The lowest BCUT2D eigenvalue weighted by atomic mass is 10.1. The van der Waals surface area contributed by atoms with Crippen molar-refractivity contribution in [3.8, 4) is 0 Å². The van der Waals surface area contributed by atoms with E-state index in [4.69, 9.17) is 29.6 Å². The summed E-state index contributed by atoms with van der Waals surface area (Å²) < 4.78 is 63.9. The van der Waals surface area contributed by atoms with Gasteiger partial charge in [-0.25, -0.2) is 21.6 Å². The first-order chi connectivity index (χ1) is 11.1. The molecule has 0 aliphatic heterocycles. The molecule has 0 bridgehead atoms. The molecule has 0 amide bonds. The van der Waals surface area contributed by atoms with Crippen molar-refractivity contribution in [2.45, 2.75) is 18.3 Å². The Balaban J connectivity index is 3.05. The number of sulfonamides is 1. The average molecular weight is 401 g/mol. The number of rotatable bonds is 9. The highest BCUT2D eigenvalue weighted by Gasteiger charge is 2.25. The summed E-state index contributed by atoms with van der Waals surface area (Å²) in [6, 6.07) is 3.28. The van der Waals surface area contributed by atoms with Gasteiger partial charge in [-0.3, -0.25) is 0 Å². The van der Waals surface area contributed by atoms with Crippen LogP contribution >= 0.6 is 23.8 Å². The quantitative estimate of drug-likeness (QED) is 0.510. The van der Waals surface area contributed by atoms with E-state index in [1.54, 1.807) is 0 Å². The van der Waals surface area contributed by atoms with Crippen molar-refractivity contribution < 1.29 is 21.6 Å². The van der Waals surface area contributed by atoms with Crippen LogP contribution < -0.4 is 5.73 Å². The first-order valence-corrected chi connectivity index (χ1v) is 9.05. The SMILES string of the molecule is C=CCN(CC(N)=S)S(=O)(=O)Cc1ccc(C(F)C(F)F)cc1Cl. The fourth-order valence-corrected chi connectivity index (χ4v) is 3.95. The zero-order valence-corrected chi connectivity index (χ0v) is 14.9. The van der Waals surface area contributed by atoms with Gasteiger partial charge >= 0.3 is 0 Å². The van der Waals surface area contributed by atoms with Gasteiger partial charge in [0, 0.05) is 11.6 Å². The van der Waals surface area contributed by atoms with Gasteiger partial charge in [0.15, 0.2) is 6.17 Å². The van der Waals surface area contributed by atoms with Gasteiger partial charge in [-0.05, 0) is 17.2 Å². The fourth-order valence-electron chi connectivity index (χ4n) is 1.88. The Bertz CT molecular complexity index is 714. The zero-order valence-electron chi connectivity index (χ0n) is 12.5. The smallest absolute Gasteiger partial charge is 0.273 e. The van der Waals surface area contributed by atoms with Crippen LogP contribution in [0.2, 0.25) is 5.02 Å². The van der Waals surface area contributed by atoms with Gasteiger partial charge in [0.1, 0.15) is 0 Å². The van der Waals surface area contributed by atoms with E-state index in [0.717, 1.165) is 16.4 Å². The summed E-state index contributed by atoms with van der Waals surface area (Å²) in [7, 11) is -3.84. The summed E-state index contributed by atoms with van der Waals surface area (Å²) in [4.78, 5) is -0.0147. The van der Waals surface area contributed by atoms with Gasteiger partial charge in [-0.2, -0.15) is 4.31 Å². The van der Waals surface area contributed by atoms with E-state index in [0.29, 0.717) is 0 Å². The van der Waals surface area contributed by atoms with Crippen molar-refractivity contribution in [3.05, 3.63) is 47.0 Å². The standard InChI is InChI=1S/C14H16ClF3N2O2S2/c1-2-5-20(7-12(19)23)24(21,22)8-10-4-3-9(6-11(10)15)13(16)14(17)18/h2-4,6,13-14H,1,5,7-8H2,(H2,19,23). The highest BCUT2D eigenvalue weighted by Crippen LogP contribution is 2.29. The van der Waals surface area contributed by atoms with Gasteiger partial charge in [0.25, 0.3) is 6.43 Å². The summed E-state index contributed by atoms with van der Waals surface area (Å²) >= 11 is 10.6. The molecule has 134 valence electrons. The number of nitrogens with two attached hydrogens (primary N) is 1. The minimum absolute atomic E-state index is 0.00663. The first kappa shape index (κ1) is 20.9. The summed E-state index contributed by atoms with van der Waals surface area (Å²) in [6.45, 7) is 3.29. The molecule has 24 heavy (non-hydrogen) atoms. The van der Waals surface area contributed by atoms with Crippen LogP contribution in [-0.4, -0.2) is 37.2 Å². The Kier molecular flexibility index (Phi) is 7.65. The van der Waals surface area contributed by atoms with E-state index in [1.807, 2.05) is 0 Å². The van der Waals surface area contributed by atoms with Crippen LogP contribution in [0.5, 0.6) is 0 Å². The number of hydrogen-bond acceptors (Lipinski definition) is 3. The number of benzene rings is 1. The van der Waals surface area contributed by atoms with E-state index in [2.05, 4.69) is 6.58 Å². The molecule has 0 aromatic heterocycles. The van der Waals surface area contributed by atoms with Crippen molar-refractivity contribution in [1.82, 2.24) is 4.31 Å². The third-order valence-electron chi connectivity index (χ3n) is 3.01. The fraction of sp³-hybridized carbons (Fsp3) is 0.357. The molecule has 1 rings (SSSR count). The van der Waals surface area contributed by atoms with Gasteiger partial charge in [0.2, 0.25) is 10.0 Å². The molecular formula is C14H16ClF3N2O2S2. The predicted octanol–water partition coefficient (Wildman–Crippen LogP) is 3.22. The third kappa shape index (κ3) is 5.73. The number of nitrogens with zero attached hydrogens (tertiary/aromatic N) is 1. The van der Waals surface area contributed by atoms with Crippen LogP contribution in [0.1, 0.15) is 17.3 Å². The molecular weight excluding hydrogens is 385 g/mol. The molecule has 0 aliphatic carbocycles. The minimum atomic E-state index is -3.84. The molecule has 10 heteroatoms. The molecule has 0 spiro atoms. The van der Waals surface area contributed by atoms with E-state index < -0.39 is 28.4 Å². The van der Waals surface area contributed by atoms with Crippen LogP contribution in [0.15, 0.2) is 30.9 Å². The highest BCUT2D eigenvalue weighted by atomic mass is 35.5. The molecule has 1 aromatic rings. The minimum Gasteiger partial charge on any atom is -0.392 e. The topological polar surface area (TPSA) is 63.4 Å². The van der Waals surface area contributed by atoms with Crippen LogP contribution in [0.25, 0.3) is 0 Å². The molecule has 0 fully saturated rings. The highest BCUT2D eigenvalue weighted by molar-refractivity contribution is 7.88. The summed E-state index contributed by atoms with van der Waals surface area (Å²) in [6.07, 6.45) is -4.30. The molecule has 1 aromatic carbocycles. The second-order valence-electron chi connectivity index (χ2n) is 4.89. The maximum absolute atomic E-state index is 13.3. The Morgan fingerprint density at radius 3 is 2.50 bits per heavy atom. The molecule has 4 nitrogen and oxygen atoms in total. The maximum atomic E-state index is 13.3. The maximum Gasteiger partial charge on any atom is 0.273 e. The summed E-state index contributed by atoms with van der Waals surface area (Å²) in [5.74, 6) is -0.506. The number of alkyl halides is 3. The normalized spacial score (nSPS) is 13.2. The van der Waals surface area contributed by atoms with E-state index in [-0.39, 0.29) is 34.2 Å². The second kappa shape index (κ2) is 8.80. The zero-order chi connectivity index (χ0) is 18.5. The van der Waals surface area contributed by atoms with Crippen molar-refractivity contribution in [2.24, 2.45) is 5.73 Å². The van der Waals surface area contributed by atoms with Gasteiger partial charge in [-0.1, -0.05) is 42.0 Å². The number of halogens is 4. The van der Waals surface area contributed by atoms with Crippen LogP contribution in [-0.2, 0) is 15.8 Å². The molecule has 2 N–H and O–H groups in total. The monoisotopic (exact) mass is 400 g/mol. The molecule has 1 unspecified atom stereocenters. The van der Waals surface area contributed by atoms with Crippen molar-refractivity contribution >= 4 is 38.8 Å². The Morgan fingerprint density at radius 2 is 2.04 bits per heavy atom. The Labute approximate surface area is 149 Å². The molecule has 0 saturated carbocycles. The number of hydrogen-bond donors (Lipinski definition) is 1. The lowest BCUT2D eigenvalue weighted by molar-refractivity contribution is 0.0496. The largest absolute Gasteiger partial charge is 0.392 e. The lowest BCUT2D eigenvalue weighted by Crippen LogP contribution is -2.38. The van der Waals surface area contributed by atoms with Crippen LogP contribution in [0.4, 0.5) is 13.2 Å². The van der Waals surface area contributed by atoms with E-state index in [9.17, 15) is 21.6 Å². The Hall–Kier alpha value is -1.16. The summed E-state index contributed by atoms with van der Waals surface area (Å²) in [5.41, 5.74) is 5.21. The average Bonchev–Trinajstić information content (AvgIpc) is 2.47. The van der Waals surface area contributed by atoms with Gasteiger partial charge in [-0.15, -0.1) is 6.58 Å². The van der Waals surface area contributed by atoms with E-state index >= 15 is 0 Å². The molecule has 0 aliphatic rings. The third-order valence-corrected chi connectivity index (χ3v) is 5.23.